The van der Waals surface area contributed by atoms with Crippen molar-refractivity contribution in [1.29, 1.82) is 0 Å². The van der Waals surface area contributed by atoms with E-state index >= 15 is 0 Å². The smallest absolute Gasteiger partial charge is 0.304 e. The van der Waals surface area contributed by atoms with Crippen molar-refractivity contribution in [3.05, 3.63) is 20.7 Å². The number of nitrogens with one attached hydrogen (secondary N) is 2. The molecular weight excluding hydrogens is 278 g/mol. The minimum atomic E-state index is -0.918. The summed E-state index contributed by atoms with van der Waals surface area (Å²) in [6.45, 7) is 7.43. The van der Waals surface area contributed by atoms with Gasteiger partial charge in [0.1, 0.15) is 11.6 Å². The van der Waals surface area contributed by atoms with Crippen LogP contribution < -0.4 is 10.2 Å². The molecule has 1 aliphatic heterocycles. The van der Waals surface area contributed by atoms with Crippen LogP contribution in [0, 0.1) is 5.92 Å². The lowest BCUT2D eigenvalue weighted by Crippen LogP contribution is -2.68. The molecule has 2 rings (SSSR count). The number of amides is 2. The highest BCUT2D eigenvalue weighted by molar-refractivity contribution is 7.07. The summed E-state index contributed by atoms with van der Waals surface area (Å²) in [5.41, 5.74) is -0.261. The molecule has 0 spiro atoms. The zero-order valence-corrected chi connectivity index (χ0v) is 12.8. The molecule has 7 heteroatoms. The van der Waals surface area contributed by atoms with Crippen LogP contribution in [0.3, 0.4) is 0 Å². The standard InChI is InChI=1S/C13H19N3O3S/c1-7(2)9-10(17)15-13(3,4)11(18)16(9)5-8-6-20-12(19)14-8/h6-7,9H,5H2,1-4H3,(H,14,19)(H,15,17). The Hall–Kier alpha value is -1.63. The van der Waals surface area contributed by atoms with Crippen molar-refractivity contribution in [2.45, 2.75) is 45.8 Å². The molecule has 2 N–H and O–H groups in total. The number of carbonyl (C=O) groups is 2. The van der Waals surface area contributed by atoms with Crippen molar-refractivity contribution in [2.24, 2.45) is 5.92 Å². The van der Waals surface area contributed by atoms with Crippen LogP contribution in [-0.4, -0.2) is 33.3 Å². The normalized spacial score (nSPS) is 22.2. The predicted molar refractivity (Wildman–Crippen MR) is 76.3 cm³/mol. The Bertz CT molecular complexity index is 588. The molecule has 1 fully saturated rings. The van der Waals surface area contributed by atoms with E-state index < -0.39 is 11.6 Å². The number of carbonyl (C=O) groups excluding carboxylic acids is 2. The third kappa shape index (κ3) is 2.63. The Morgan fingerprint density at radius 3 is 2.50 bits per heavy atom. The van der Waals surface area contributed by atoms with Gasteiger partial charge < -0.3 is 15.2 Å². The quantitative estimate of drug-likeness (QED) is 0.861. The maximum Gasteiger partial charge on any atom is 0.304 e. The summed E-state index contributed by atoms with van der Waals surface area (Å²) in [5.74, 6) is -0.287. The molecule has 0 aliphatic carbocycles. The lowest BCUT2D eigenvalue weighted by atomic mass is 9.91. The molecule has 1 aromatic rings. The van der Waals surface area contributed by atoms with Crippen molar-refractivity contribution in [3.8, 4) is 0 Å². The summed E-state index contributed by atoms with van der Waals surface area (Å²) < 4.78 is 0. The van der Waals surface area contributed by atoms with Crippen LogP contribution in [0.2, 0.25) is 0 Å². The first-order valence-corrected chi connectivity index (χ1v) is 7.40. The lowest BCUT2D eigenvalue weighted by molar-refractivity contribution is -0.156. The van der Waals surface area contributed by atoms with Crippen molar-refractivity contribution < 1.29 is 9.59 Å². The zero-order chi connectivity index (χ0) is 15.1. The number of aromatic nitrogens is 1. The third-order valence-corrected chi connectivity index (χ3v) is 4.10. The predicted octanol–water partition coefficient (Wildman–Crippen LogP) is 0.698. The van der Waals surface area contributed by atoms with E-state index in [2.05, 4.69) is 10.3 Å². The van der Waals surface area contributed by atoms with Gasteiger partial charge in [-0.2, -0.15) is 0 Å². The summed E-state index contributed by atoms with van der Waals surface area (Å²) in [6.07, 6.45) is 0. The fraction of sp³-hybridized carbons (Fsp3) is 0.615. The summed E-state index contributed by atoms with van der Waals surface area (Å²) in [7, 11) is 0. The second-order valence-electron chi connectivity index (χ2n) is 5.91. The molecule has 0 aromatic carbocycles. The van der Waals surface area contributed by atoms with Gasteiger partial charge in [0.2, 0.25) is 11.8 Å². The molecule has 1 aromatic heterocycles. The van der Waals surface area contributed by atoms with Crippen LogP contribution in [0.1, 0.15) is 33.4 Å². The summed E-state index contributed by atoms with van der Waals surface area (Å²) in [6, 6.07) is -0.515. The Kier molecular flexibility index (Phi) is 3.73. The molecule has 20 heavy (non-hydrogen) atoms. The lowest BCUT2D eigenvalue weighted by Gasteiger charge is -2.44. The van der Waals surface area contributed by atoms with Gasteiger partial charge in [-0.05, 0) is 19.8 Å². The number of rotatable bonds is 3. The molecule has 1 unspecified atom stereocenters. The Balaban J connectivity index is 2.34. The molecule has 0 radical (unpaired) electrons. The second kappa shape index (κ2) is 5.05. The first kappa shape index (κ1) is 14.8. The van der Waals surface area contributed by atoms with Crippen LogP contribution in [-0.2, 0) is 16.1 Å². The van der Waals surface area contributed by atoms with Crippen LogP contribution >= 0.6 is 11.3 Å². The highest BCUT2D eigenvalue weighted by Crippen LogP contribution is 2.24. The molecule has 110 valence electrons. The average Bonchev–Trinajstić information content (AvgIpc) is 2.70. The molecular formula is C13H19N3O3S. The van der Waals surface area contributed by atoms with Gasteiger partial charge in [-0.3, -0.25) is 14.4 Å². The van der Waals surface area contributed by atoms with Crippen LogP contribution in [0.5, 0.6) is 0 Å². The van der Waals surface area contributed by atoms with E-state index in [0.29, 0.717) is 5.69 Å². The van der Waals surface area contributed by atoms with Gasteiger partial charge in [0.05, 0.1) is 6.54 Å². The zero-order valence-electron chi connectivity index (χ0n) is 12.0. The largest absolute Gasteiger partial charge is 0.340 e. The van der Waals surface area contributed by atoms with Crippen molar-refractivity contribution in [1.82, 2.24) is 15.2 Å². The molecule has 0 saturated carbocycles. The molecule has 1 saturated heterocycles. The van der Waals surface area contributed by atoms with E-state index in [0.717, 1.165) is 11.3 Å². The fourth-order valence-corrected chi connectivity index (χ4v) is 3.04. The fourth-order valence-electron chi connectivity index (χ4n) is 2.47. The van der Waals surface area contributed by atoms with Crippen LogP contribution in [0.4, 0.5) is 0 Å². The Morgan fingerprint density at radius 1 is 1.35 bits per heavy atom. The van der Waals surface area contributed by atoms with Gasteiger partial charge >= 0.3 is 4.87 Å². The van der Waals surface area contributed by atoms with Gasteiger partial charge in [-0.15, -0.1) is 0 Å². The van der Waals surface area contributed by atoms with Crippen molar-refractivity contribution in [3.63, 3.8) is 0 Å². The summed E-state index contributed by atoms with van der Waals surface area (Å²) in [4.78, 5) is 40.1. The van der Waals surface area contributed by atoms with Crippen LogP contribution in [0.25, 0.3) is 0 Å². The van der Waals surface area contributed by atoms with Gasteiger partial charge in [0.25, 0.3) is 0 Å². The topological polar surface area (TPSA) is 82.3 Å². The highest BCUT2D eigenvalue weighted by Gasteiger charge is 2.46. The van der Waals surface area contributed by atoms with E-state index in [1.54, 1.807) is 24.1 Å². The monoisotopic (exact) mass is 297 g/mol. The number of thiazole rings is 1. The molecule has 2 heterocycles. The number of hydrogen-bond acceptors (Lipinski definition) is 4. The highest BCUT2D eigenvalue weighted by atomic mass is 32.1. The van der Waals surface area contributed by atoms with E-state index in [1.807, 2.05) is 13.8 Å². The molecule has 6 nitrogen and oxygen atoms in total. The van der Waals surface area contributed by atoms with E-state index in [-0.39, 0.29) is 29.1 Å². The maximum atomic E-state index is 12.5. The number of H-pyrrole nitrogens is 1. The van der Waals surface area contributed by atoms with E-state index in [9.17, 15) is 14.4 Å². The minimum absolute atomic E-state index is 0.000377. The Morgan fingerprint density at radius 2 is 2.00 bits per heavy atom. The number of piperazine rings is 1. The second-order valence-corrected chi connectivity index (χ2v) is 6.75. The van der Waals surface area contributed by atoms with Gasteiger partial charge in [0.15, 0.2) is 0 Å². The average molecular weight is 297 g/mol. The van der Waals surface area contributed by atoms with E-state index in [1.165, 1.54) is 0 Å². The molecule has 2 amide bonds. The summed E-state index contributed by atoms with van der Waals surface area (Å²) >= 11 is 1.05. The van der Waals surface area contributed by atoms with Crippen molar-refractivity contribution >= 4 is 23.2 Å². The van der Waals surface area contributed by atoms with Gasteiger partial charge in [0, 0.05) is 11.1 Å². The molecule has 1 atom stereocenters. The molecule has 0 bridgehead atoms. The third-order valence-electron chi connectivity index (χ3n) is 3.38. The Labute approximate surface area is 121 Å². The van der Waals surface area contributed by atoms with Crippen molar-refractivity contribution in [2.75, 3.05) is 0 Å². The first-order valence-electron chi connectivity index (χ1n) is 6.52. The first-order chi connectivity index (χ1) is 9.22. The van der Waals surface area contributed by atoms with Crippen LogP contribution in [0.15, 0.2) is 10.2 Å². The number of aromatic amines is 1. The SMILES string of the molecule is CC(C)C1C(=O)NC(C)(C)C(=O)N1Cc1csc(=O)[nH]1. The number of nitrogens with zero attached hydrogens (tertiary/aromatic N) is 1. The molecule has 1 aliphatic rings. The van der Waals surface area contributed by atoms with E-state index in [4.69, 9.17) is 0 Å². The van der Waals surface area contributed by atoms with Gasteiger partial charge in [-0.1, -0.05) is 25.2 Å². The van der Waals surface area contributed by atoms with Gasteiger partial charge in [-0.25, -0.2) is 0 Å². The number of hydrogen-bond donors (Lipinski definition) is 2. The minimum Gasteiger partial charge on any atom is -0.340 e. The maximum absolute atomic E-state index is 12.5. The summed E-state index contributed by atoms with van der Waals surface area (Å²) in [5, 5.41) is 4.45.